The van der Waals surface area contributed by atoms with Gasteiger partial charge in [-0.1, -0.05) is 18.2 Å². The predicted octanol–water partition coefficient (Wildman–Crippen LogP) is 3.05. The fraction of sp³-hybridized carbons (Fsp3) is 0. The fourth-order valence-electron chi connectivity index (χ4n) is 2.28. The molecular weight excluding hydrogens is 314 g/mol. The van der Waals surface area contributed by atoms with Crippen LogP contribution < -0.4 is 10.9 Å². The first-order valence-corrected chi connectivity index (χ1v) is 7.50. The Hall–Kier alpha value is -3.06. The maximum absolute atomic E-state index is 12.3. The monoisotopic (exact) mass is 323 g/mol. The van der Waals surface area contributed by atoms with Crippen LogP contribution in [0.5, 0.6) is 0 Å². The Labute approximate surface area is 133 Å². The van der Waals surface area contributed by atoms with Crippen LogP contribution in [-0.4, -0.2) is 14.7 Å². The van der Waals surface area contributed by atoms with Crippen molar-refractivity contribution in [2.45, 2.75) is 0 Å². The molecule has 112 valence electrons. The van der Waals surface area contributed by atoms with Crippen molar-refractivity contribution in [1.82, 2.24) is 8.75 Å². The van der Waals surface area contributed by atoms with E-state index in [0.29, 0.717) is 22.2 Å². The summed E-state index contributed by atoms with van der Waals surface area (Å²) in [5.41, 5.74) is 1.74. The van der Waals surface area contributed by atoms with Crippen LogP contribution >= 0.6 is 11.7 Å². The number of hydrogen-bond acceptors (Lipinski definition) is 6. The molecule has 23 heavy (non-hydrogen) atoms. The highest BCUT2D eigenvalue weighted by Crippen LogP contribution is 2.18. The second-order valence-corrected chi connectivity index (χ2v) is 5.44. The van der Waals surface area contributed by atoms with E-state index in [1.54, 1.807) is 36.4 Å². The number of nitrogens with one attached hydrogen (secondary N) is 1. The molecule has 2 heterocycles. The second-order valence-electron chi connectivity index (χ2n) is 4.91. The summed E-state index contributed by atoms with van der Waals surface area (Å²) < 4.78 is 13.4. The Balaban J connectivity index is 1.71. The van der Waals surface area contributed by atoms with Gasteiger partial charge in [-0.25, -0.2) is 4.79 Å². The lowest BCUT2D eigenvalue weighted by Crippen LogP contribution is -2.20. The van der Waals surface area contributed by atoms with Gasteiger partial charge in [-0.3, -0.25) is 4.79 Å². The molecule has 0 aliphatic heterocycles. The second kappa shape index (κ2) is 5.29. The van der Waals surface area contributed by atoms with E-state index >= 15 is 0 Å². The Kier molecular flexibility index (Phi) is 3.13. The molecule has 0 atom stereocenters. The van der Waals surface area contributed by atoms with Crippen LogP contribution in [0.25, 0.3) is 22.0 Å². The molecule has 0 saturated carbocycles. The Morgan fingerprint density at radius 3 is 2.78 bits per heavy atom. The molecule has 1 N–H and O–H groups in total. The third-order valence-corrected chi connectivity index (χ3v) is 3.95. The van der Waals surface area contributed by atoms with Crippen molar-refractivity contribution in [2.24, 2.45) is 0 Å². The van der Waals surface area contributed by atoms with Crippen LogP contribution in [0.1, 0.15) is 10.4 Å². The molecule has 2 aromatic carbocycles. The highest BCUT2D eigenvalue weighted by atomic mass is 32.1. The quantitative estimate of drug-likeness (QED) is 0.573. The Morgan fingerprint density at radius 2 is 1.87 bits per heavy atom. The van der Waals surface area contributed by atoms with Crippen LogP contribution in [0.2, 0.25) is 0 Å². The smallest absolute Gasteiger partial charge is 0.349 e. The summed E-state index contributed by atoms with van der Waals surface area (Å²) in [6.07, 6.45) is 0. The molecule has 4 aromatic rings. The summed E-state index contributed by atoms with van der Waals surface area (Å²) >= 11 is 1.10. The molecule has 1 amide bonds. The van der Waals surface area contributed by atoms with Gasteiger partial charge in [0.2, 0.25) is 0 Å². The number of carbonyl (C=O) groups is 1. The van der Waals surface area contributed by atoms with Gasteiger partial charge in [-0.15, -0.1) is 0 Å². The maximum atomic E-state index is 12.3. The number of fused-ring (bicyclic) bond motifs is 2. The third kappa shape index (κ3) is 2.47. The first-order valence-electron chi connectivity index (χ1n) is 6.77. The summed E-state index contributed by atoms with van der Waals surface area (Å²) in [4.78, 5) is 24.3. The van der Waals surface area contributed by atoms with Crippen molar-refractivity contribution in [3.63, 3.8) is 0 Å². The summed E-state index contributed by atoms with van der Waals surface area (Å²) in [6.45, 7) is 0. The van der Waals surface area contributed by atoms with E-state index in [1.807, 2.05) is 6.07 Å². The van der Waals surface area contributed by atoms with Gasteiger partial charge in [0, 0.05) is 11.1 Å². The van der Waals surface area contributed by atoms with Crippen LogP contribution in [0, 0.1) is 0 Å². The van der Waals surface area contributed by atoms with Crippen LogP contribution in [0.15, 0.2) is 57.7 Å². The Morgan fingerprint density at radius 1 is 1.04 bits per heavy atom. The van der Waals surface area contributed by atoms with Crippen LogP contribution in [-0.2, 0) is 0 Å². The molecule has 0 bridgehead atoms. The zero-order chi connectivity index (χ0) is 15.8. The van der Waals surface area contributed by atoms with Crippen molar-refractivity contribution in [2.75, 3.05) is 5.32 Å². The topological polar surface area (TPSA) is 85.1 Å². The van der Waals surface area contributed by atoms with Gasteiger partial charge in [0.15, 0.2) is 0 Å². The molecule has 0 unspecified atom stereocenters. The van der Waals surface area contributed by atoms with E-state index in [2.05, 4.69) is 14.1 Å². The third-order valence-electron chi connectivity index (χ3n) is 3.40. The SMILES string of the molecule is O=C(Nc1ccc2nsnc2c1)c1cc2ccccc2oc1=O. The number of anilines is 1. The van der Waals surface area contributed by atoms with Crippen molar-refractivity contribution in [3.8, 4) is 0 Å². The molecule has 7 heteroatoms. The van der Waals surface area contributed by atoms with Gasteiger partial charge in [0.05, 0.1) is 11.7 Å². The number of hydrogen-bond donors (Lipinski definition) is 1. The van der Waals surface area contributed by atoms with E-state index in [-0.39, 0.29) is 5.56 Å². The first kappa shape index (κ1) is 13.6. The lowest BCUT2D eigenvalue weighted by molar-refractivity contribution is 0.102. The average Bonchev–Trinajstić information content (AvgIpc) is 3.01. The van der Waals surface area contributed by atoms with Gasteiger partial charge in [-0.2, -0.15) is 8.75 Å². The van der Waals surface area contributed by atoms with Crippen molar-refractivity contribution in [1.29, 1.82) is 0 Å². The molecule has 2 aromatic heterocycles. The standard InChI is InChI=1S/C16H9N3O3S/c20-15(17-10-5-6-12-13(8-10)19-23-18-12)11-7-9-3-1-2-4-14(9)22-16(11)21/h1-8H,(H,17,20). The lowest BCUT2D eigenvalue weighted by Gasteiger charge is -2.05. The molecule has 0 saturated heterocycles. The average molecular weight is 323 g/mol. The van der Waals surface area contributed by atoms with Crippen LogP contribution in [0.4, 0.5) is 5.69 Å². The molecule has 0 fully saturated rings. The number of para-hydroxylation sites is 1. The summed E-state index contributed by atoms with van der Waals surface area (Å²) in [6, 6.07) is 13.7. The molecule has 4 rings (SSSR count). The maximum Gasteiger partial charge on any atom is 0.349 e. The molecule has 6 nitrogen and oxygen atoms in total. The molecule has 0 spiro atoms. The normalized spacial score (nSPS) is 11.0. The number of nitrogens with zero attached hydrogens (tertiary/aromatic N) is 2. The van der Waals surface area contributed by atoms with Gasteiger partial charge in [-0.05, 0) is 30.3 Å². The van der Waals surface area contributed by atoms with Gasteiger partial charge in [0.1, 0.15) is 22.2 Å². The fourth-order valence-corrected chi connectivity index (χ4v) is 2.80. The number of rotatable bonds is 2. The van der Waals surface area contributed by atoms with E-state index in [4.69, 9.17) is 4.42 Å². The zero-order valence-electron chi connectivity index (χ0n) is 11.6. The van der Waals surface area contributed by atoms with Gasteiger partial charge >= 0.3 is 5.63 Å². The van der Waals surface area contributed by atoms with Crippen LogP contribution in [0.3, 0.4) is 0 Å². The van der Waals surface area contributed by atoms with Gasteiger partial charge < -0.3 is 9.73 Å². The van der Waals surface area contributed by atoms with E-state index in [0.717, 1.165) is 17.2 Å². The van der Waals surface area contributed by atoms with E-state index < -0.39 is 11.5 Å². The highest BCUT2D eigenvalue weighted by molar-refractivity contribution is 7.00. The number of amides is 1. The number of aromatic nitrogens is 2. The summed E-state index contributed by atoms with van der Waals surface area (Å²) in [5, 5.41) is 3.37. The minimum Gasteiger partial charge on any atom is -0.422 e. The summed E-state index contributed by atoms with van der Waals surface area (Å²) in [5.74, 6) is -0.521. The molecular formula is C16H9N3O3S. The van der Waals surface area contributed by atoms with Crippen molar-refractivity contribution < 1.29 is 9.21 Å². The molecule has 0 aliphatic rings. The van der Waals surface area contributed by atoms with Crippen molar-refractivity contribution in [3.05, 3.63) is 64.5 Å². The largest absolute Gasteiger partial charge is 0.422 e. The molecule has 0 aliphatic carbocycles. The predicted molar refractivity (Wildman–Crippen MR) is 87.9 cm³/mol. The minimum absolute atomic E-state index is 0.0415. The lowest BCUT2D eigenvalue weighted by atomic mass is 10.1. The van der Waals surface area contributed by atoms with E-state index in [9.17, 15) is 9.59 Å². The molecule has 0 radical (unpaired) electrons. The highest BCUT2D eigenvalue weighted by Gasteiger charge is 2.14. The van der Waals surface area contributed by atoms with E-state index in [1.165, 1.54) is 6.07 Å². The van der Waals surface area contributed by atoms with Crippen molar-refractivity contribution >= 4 is 45.3 Å². The summed E-state index contributed by atoms with van der Waals surface area (Å²) in [7, 11) is 0. The number of benzene rings is 2. The number of carbonyl (C=O) groups excluding carboxylic acids is 1. The minimum atomic E-state index is -0.669. The zero-order valence-corrected chi connectivity index (χ0v) is 12.5. The first-order chi connectivity index (χ1) is 11.2. The Bertz CT molecular complexity index is 1100. The van der Waals surface area contributed by atoms with Gasteiger partial charge in [0.25, 0.3) is 5.91 Å².